The van der Waals surface area contributed by atoms with Gasteiger partial charge in [0.25, 0.3) is 0 Å². The van der Waals surface area contributed by atoms with E-state index in [4.69, 9.17) is 4.74 Å². The van der Waals surface area contributed by atoms with Crippen LogP contribution in [0.25, 0.3) is 0 Å². The van der Waals surface area contributed by atoms with Gasteiger partial charge in [-0.1, -0.05) is 39.2 Å². The molecule has 2 rings (SSSR count). The van der Waals surface area contributed by atoms with Gasteiger partial charge in [-0.2, -0.15) is 0 Å². The summed E-state index contributed by atoms with van der Waals surface area (Å²) in [5.74, 6) is 0. The van der Waals surface area contributed by atoms with E-state index in [0.717, 1.165) is 31.2 Å². The monoisotopic (exact) mass is 249 g/mol. The van der Waals surface area contributed by atoms with Crippen molar-refractivity contribution < 1.29 is 9.53 Å². The zero-order valence-corrected chi connectivity index (χ0v) is 10.6. The highest BCUT2D eigenvalue weighted by atomic mass is 31.0. The van der Waals surface area contributed by atoms with Crippen LogP contribution in [-0.4, -0.2) is 24.0 Å². The molecule has 90 valence electrons. The molecular formula is C13H16NO2P. The molecule has 1 saturated heterocycles. The van der Waals surface area contributed by atoms with Gasteiger partial charge in [-0.3, -0.25) is 4.79 Å². The number of nitrogens with one attached hydrogen (secondary N) is 1. The Hall–Kier alpha value is -1.18. The van der Waals surface area contributed by atoms with E-state index in [2.05, 4.69) is 26.3 Å². The van der Waals surface area contributed by atoms with E-state index in [1.54, 1.807) is 0 Å². The van der Waals surface area contributed by atoms with Gasteiger partial charge in [-0.05, 0) is 18.4 Å². The normalized spacial score (nSPS) is 23.6. The van der Waals surface area contributed by atoms with Gasteiger partial charge in [0, 0.05) is 6.42 Å². The third-order valence-corrected chi connectivity index (χ3v) is 3.31. The molecule has 0 saturated carbocycles. The van der Waals surface area contributed by atoms with E-state index in [0.29, 0.717) is 0 Å². The zero-order chi connectivity index (χ0) is 12.1. The number of ether oxygens (including phenoxy) is 1. The molecule has 0 aromatic heterocycles. The van der Waals surface area contributed by atoms with Gasteiger partial charge in [-0.25, -0.2) is 0 Å². The molecule has 0 radical (unpaired) electrons. The SMILES string of the molecule is O=CNC1CC(=P)OC1CCc1ccccc1. The van der Waals surface area contributed by atoms with Gasteiger partial charge in [0.1, 0.15) is 0 Å². The number of aryl methyl sites for hydroxylation is 1. The Labute approximate surface area is 103 Å². The highest BCUT2D eigenvalue weighted by molar-refractivity contribution is 7.20. The van der Waals surface area contributed by atoms with Gasteiger partial charge in [0.2, 0.25) is 6.41 Å². The Balaban J connectivity index is 1.89. The Bertz CT molecular complexity index is 394. The topological polar surface area (TPSA) is 38.3 Å². The van der Waals surface area contributed by atoms with Crippen LogP contribution >= 0.6 is 8.86 Å². The molecule has 4 heteroatoms. The van der Waals surface area contributed by atoms with Gasteiger partial charge < -0.3 is 10.1 Å². The van der Waals surface area contributed by atoms with E-state index in [1.807, 2.05) is 18.2 Å². The van der Waals surface area contributed by atoms with Crippen LogP contribution in [0.4, 0.5) is 0 Å². The van der Waals surface area contributed by atoms with Crippen molar-refractivity contribution in [3.05, 3.63) is 35.9 Å². The van der Waals surface area contributed by atoms with E-state index < -0.39 is 0 Å². The summed E-state index contributed by atoms with van der Waals surface area (Å²) in [5, 5.41) is 2.80. The number of carbonyl (C=O) groups is 1. The fraction of sp³-hybridized carbons (Fsp3) is 0.385. The van der Waals surface area contributed by atoms with Crippen molar-refractivity contribution in [3.8, 4) is 0 Å². The first-order valence-corrected chi connectivity index (χ1v) is 6.27. The predicted molar refractivity (Wildman–Crippen MR) is 70.6 cm³/mol. The maximum atomic E-state index is 10.5. The quantitative estimate of drug-likeness (QED) is 0.638. The Morgan fingerprint density at radius 1 is 1.41 bits per heavy atom. The first-order chi connectivity index (χ1) is 8.29. The molecule has 0 bridgehead atoms. The molecule has 1 aromatic rings. The summed E-state index contributed by atoms with van der Waals surface area (Å²) in [6, 6.07) is 10.4. The number of carbonyl (C=O) groups excluding carboxylic acids is 1. The van der Waals surface area contributed by atoms with E-state index in [-0.39, 0.29) is 12.1 Å². The zero-order valence-electron chi connectivity index (χ0n) is 9.56. The lowest BCUT2D eigenvalue weighted by molar-refractivity contribution is -0.110. The van der Waals surface area contributed by atoms with Crippen LogP contribution in [0.15, 0.2) is 30.3 Å². The smallest absolute Gasteiger partial charge is 0.207 e. The number of hydrogen-bond acceptors (Lipinski definition) is 2. The molecule has 17 heavy (non-hydrogen) atoms. The third kappa shape index (κ3) is 3.39. The van der Waals surface area contributed by atoms with Gasteiger partial charge in [0.15, 0.2) is 0 Å². The molecule has 1 heterocycles. The minimum Gasteiger partial charge on any atom is -0.353 e. The molecular weight excluding hydrogens is 233 g/mol. The van der Waals surface area contributed by atoms with Crippen LogP contribution in [0.1, 0.15) is 18.4 Å². The molecule has 1 N–H and O–H groups in total. The second-order valence-corrected chi connectivity index (χ2v) is 4.76. The molecule has 1 aliphatic heterocycles. The average Bonchev–Trinajstić information content (AvgIpc) is 2.69. The molecule has 0 aliphatic carbocycles. The summed E-state index contributed by atoms with van der Waals surface area (Å²) in [4.78, 5) is 10.5. The maximum absolute atomic E-state index is 10.5. The Morgan fingerprint density at radius 3 is 2.88 bits per heavy atom. The lowest BCUT2D eigenvalue weighted by Crippen LogP contribution is -2.35. The Kier molecular flexibility index (Phi) is 4.29. The second-order valence-electron chi connectivity index (χ2n) is 4.20. The maximum Gasteiger partial charge on any atom is 0.207 e. The van der Waals surface area contributed by atoms with Crippen LogP contribution in [0.5, 0.6) is 0 Å². The fourth-order valence-corrected chi connectivity index (χ4v) is 2.48. The highest BCUT2D eigenvalue weighted by Crippen LogP contribution is 2.21. The first kappa shape index (κ1) is 12.3. The second kappa shape index (κ2) is 5.95. The van der Waals surface area contributed by atoms with Crippen molar-refractivity contribution in [2.75, 3.05) is 0 Å². The largest absolute Gasteiger partial charge is 0.353 e. The van der Waals surface area contributed by atoms with Crippen molar-refractivity contribution >= 4 is 20.8 Å². The highest BCUT2D eigenvalue weighted by Gasteiger charge is 2.30. The predicted octanol–water partition coefficient (Wildman–Crippen LogP) is 1.80. The number of benzene rings is 1. The van der Waals surface area contributed by atoms with Crippen molar-refractivity contribution in [1.82, 2.24) is 5.32 Å². The molecule has 1 amide bonds. The summed E-state index contributed by atoms with van der Waals surface area (Å²) in [6.07, 6.45) is 3.42. The number of hydrogen-bond donors (Lipinski definition) is 1. The minimum absolute atomic E-state index is 0.0629. The first-order valence-electron chi connectivity index (χ1n) is 5.77. The van der Waals surface area contributed by atoms with E-state index in [9.17, 15) is 4.79 Å². The van der Waals surface area contributed by atoms with E-state index >= 15 is 0 Å². The van der Waals surface area contributed by atoms with Crippen LogP contribution < -0.4 is 5.32 Å². The number of rotatable bonds is 5. The molecule has 2 atom stereocenters. The third-order valence-electron chi connectivity index (χ3n) is 2.99. The summed E-state index contributed by atoms with van der Waals surface area (Å²) in [5.41, 5.74) is 2.12. The van der Waals surface area contributed by atoms with Crippen molar-refractivity contribution in [1.29, 1.82) is 0 Å². The van der Waals surface area contributed by atoms with Crippen LogP contribution in [0.2, 0.25) is 0 Å². The summed E-state index contributed by atoms with van der Waals surface area (Å²) < 4.78 is 5.66. The standard InChI is InChI=1S/C13H16NO2P/c15-9-14-11-8-13(17)16-12(11)7-6-10-4-2-1-3-5-10/h1-5,9,11-12,17H,6-8H2,(H,14,15). The minimum atomic E-state index is 0.0629. The lowest BCUT2D eigenvalue weighted by Gasteiger charge is -2.16. The summed E-state index contributed by atoms with van der Waals surface area (Å²) in [6.45, 7) is 0. The lowest BCUT2D eigenvalue weighted by atomic mass is 10.0. The summed E-state index contributed by atoms with van der Waals surface area (Å²) in [7, 11) is 3.40. The molecule has 2 unspecified atom stereocenters. The van der Waals surface area contributed by atoms with Crippen LogP contribution in [0, 0.1) is 0 Å². The molecule has 1 aliphatic rings. The van der Waals surface area contributed by atoms with Gasteiger partial charge in [-0.15, -0.1) is 0 Å². The average molecular weight is 249 g/mol. The summed E-state index contributed by atoms with van der Waals surface area (Å²) >= 11 is 0. The number of amides is 1. The van der Waals surface area contributed by atoms with Crippen molar-refractivity contribution in [2.24, 2.45) is 0 Å². The van der Waals surface area contributed by atoms with Gasteiger partial charge >= 0.3 is 0 Å². The Morgan fingerprint density at radius 2 is 2.18 bits per heavy atom. The molecule has 1 fully saturated rings. The van der Waals surface area contributed by atoms with Crippen molar-refractivity contribution in [3.63, 3.8) is 0 Å². The molecule has 1 aromatic carbocycles. The molecule has 3 nitrogen and oxygen atoms in total. The van der Waals surface area contributed by atoms with Crippen molar-refractivity contribution in [2.45, 2.75) is 31.4 Å². The van der Waals surface area contributed by atoms with Gasteiger partial charge in [0.05, 0.1) is 17.6 Å². The molecule has 0 spiro atoms. The van der Waals surface area contributed by atoms with E-state index in [1.165, 1.54) is 5.56 Å². The van der Waals surface area contributed by atoms with Crippen LogP contribution in [0.3, 0.4) is 0 Å². The fourth-order valence-electron chi connectivity index (χ4n) is 2.11. The van der Waals surface area contributed by atoms with Crippen LogP contribution in [-0.2, 0) is 16.0 Å².